The van der Waals surface area contributed by atoms with Crippen molar-refractivity contribution < 1.29 is 9.50 Å². The maximum atomic E-state index is 12.9. The van der Waals surface area contributed by atoms with Crippen molar-refractivity contribution in [2.24, 2.45) is 5.73 Å². The van der Waals surface area contributed by atoms with Gasteiger partial charge in [-0.3, -0.25) is 0 Å². The third kappa shape index (κ3) is 2.00. The summed E-state index contributed by atoms with van der Waals surface area (Å²) in [7, 11) is 0. The highest BCUT2D eigenvalue weighted by Crippen LogP contribution is 2.20. The summed E-state index contributed by atoms with van der Waals surface area (Å²) in [5, 5.41) is 9.81. The molecular formula is C11H13FN2O. The fraction of sp³-hybridized carbons (Fsp3) is 0.273. The van der Waals surface area contributed by atoms with E-state index in [-0.39, 0.29) is 18.5 Å². The Morgan fingerprint density at radius 3 is 3.00 bits per heavy atom. The summed E-state index contributed by atoms with van der Waals surface area (Å²) in [6, 6.07) is 4.32. The zero-order chi connectivity index (χ0) is 10.8. The molecule has 2 rings (SSSR count). The second-order valence-electron chi connectivity index (χ2n) is 3.65. The van der Waals surface area contributed by atoms with Crippen molar-refractivity contribution in [3.8, 4) is 0 Å². The molecule has 0 bridgehead atoms. The van der Waals surface area contributed by atoms with Gasteiger partial charge in [0.1, 0.15) is 5.82 Å². The van der Waals surface area contributed by atoms with Crippen LogP contribution in [0.1, 0.15) is 5.56 Å². The SMILES string of the molecule is N[C@H](CO)Cc1c[nH]c2cc(F)ccc12. The van der Waals surface area contributed by atoms with Gasteiger partial charge in [-0.15, -0.1) is 0 Å². The summed E-state index contributed by atoms with van der Waals surface area (Å²) in [4.78, 5) is 2.98. The Morgan fingerprint density at radius 2 is 2.27 bits per heavy atom. The summed E-state index contributed by atoms with van der Waals surface area (Å²) in [5.74, 6) is -0.262. The van der Waals surface area contributed by atoms with Crippen LogP contribution >= 0.6 is 0 Å². The molecule has 0 aliphatic carbocycles. The number of benzene rings is 1. The lowest BCUT2D eigenvalue weighted by atomic mass is 10.1. The number of nitrogens with two attached hydrogens (primary N) is 1. The van der Waals surface area contributed by atoms with Crippen LogP contribution in [0.3, 0.4) is 0 Å². The number of hydrogen-bond acceptors (Lipinski definition) is 2. The van der Waals surface area contributed by atoms with E-state index in [9.17, 15) is 4.39 Å². The molecule has 1 heterocycles. The van der Waals surface area contributed by atoms with Crippen molar-refractivity contribution in [2.75, 3.05) is 6.61 Å². The zero-order valence-corrected chi connectivity index (χ0v) is 8.20. The normalized spacial score (nSPS) is 13.3. The lowest BCUT2D eigenvalue weighted by molar-refractivity contribution is 0.265. The standard InChI is InChI=1S/C11H13FN2O/c12-8-1-2-10-7(3-9(13)6-15)5-14-11(10)4-8/h1-2,4-5,9,14-15H,3,6,13H2/t9-/m0/s1. The lowest BCUT2D eigenvalue weighted by Crippen LogP contribution is -2.26. The predicted molar refractivity (Wildman–Crippen MR) is 57.0 cm³/mol. The van der Waals surface area contributed by atoms with E-state index in [4.69, 9.17) is 10.8 Å². The molecule has 0 unspecified atom stereocenters. The van der Waals surface area contributed by atoms with Crippen molar-refractivity contribution in [1.82, 2.24) is 4.98 Å². The highest BCUT2D eigenvalue weighted by Gasteiger charge is 2.08. The number of fused-ring (bicyclic) bond motifs is 1. The summed E-state index contributed by atoms with van der Waals surface area (Å²) in [6.07, 6.45) is 2.39. The minimum atomic E-state index is -0.269. The van der Waals surface area contributed by atoms with Gasteiger partial charge in [-0.1, -0.05) is 0 Å². The summed E-state index contributed by atoms with van der Waals surface area (Å²) < 4.78 is 12.9. The Bertz CT molecular complexity index is 467. The molecule has 15 heavy (non-hydrogen) atoms. The lowest BCUT2D eigenvalue weighted by Gasteiger charge is -2.06. The minimum absolute atomic E-state index is 0.0477. The molecule has 1 atom stereocenters. The fourth-order valence-electron chi connectivity index (χ4n) is 1.67. The molecule has 4 heteroatoms. The van der Waals surface area contributed by atoms with E-state index in [1.807, 2.05) is 0 Å². The van der Waals surface area contributed by atoms with Gasteiger partial charge < -0.3 is 15.8 Å². The molecule has 0 amide bonds. The minimum Gasteiger partial charge on any atom is -0.395 e. The van der Waals surface area contributed by atoms with E-state index >= 15 is 0 Å². The number of halogens is 1. The first-order valence-corrected chi connectivity index (χ1v) is 4.82. The monoisotopic (exact) mass is 208 g/mol. The number of aromatic nitrogens is 1. The van der Waals surface area contributed by atoms with Crippen LogP contribution in [0, 0.1) is 5.82 Å². The molecule has 0 fully saturated rings. The Balaban J connectivity index is 2.36. The van der Waals surface area contributed by atoms with Gasteiger partial charge in [0.25, 0.3) is 0 Å². The van der Waals surface area contributed by atoms with Gasteiger partial charge in [0.2, 0.25) is 0 Å². The first-order valence-electron chi connectivity index (χ1n) is 4.82. The summed E-state index contributed by atoms with van der Waals surface area (Å²) in [6.45, 7) is -0.0477. The highest BCUT2D eigenvalue weighted by atomic mass is 19.1. The molecule has 0 aliphatic rings. The Hall–Kier alpha value is -1.39. The molecule has 0 aliphatic heterocycles. The molecule has 1 aromatic carbocycles. The largest absolute Gasteiger partial charge is 0.395 e. The fourth-order valence-corrected chi connectivity index (χ4v) is 1.67. The third-order valence-electron chi connectivity index (χ3n) is 2.45. The van der Waals surface area contributed by atoms with Crippen LogP contribution in [0.2, 0.25) is 0 Å². The van der Waals surface area contributed by atoms with E-state index in [1.165, 1.54) is 12.1 Å². The Labute approximate surface area is 86.7 Å². The van der Waals surface area contributed by atoms with Crippen molar-refractivity contribution in [3.63, 3.8) is 0 Å². The van der Waals surface area contributed by atoms with Crippen LogP contribution in [0.4, 0.5) is 4.39 Å². The smallest absolute Gasteiger partial charge is 0.125 e. The van der Waals surface area contributed by atoms with Crippen LogP contribution in [0.15, 0.2) is 24.4 Å². The molecule has 0 saturated carbocycles. The molecule has 80 valence electrons. The molecule has 2 aromatic rings. The van der Waals surface area contributed by atoms with E-state index in [1.54, 1.807) is 12.3 Å². The summed E-state index contributed by atoms with van der Waals surface area (Å²) in [5.41, 5.74) is 7.41. The molecule has 3 nitrogen and oxygen atoms in total. The number of aromatic amines is 1. The summed E-state index contributed by atoms with van der Waals surface area (Å²) >= 11 is 0. The zero-order valence-electron chi connectivity index (χ0n) is 8.20. The molecule has 0 saturated heterocycles. The van der Waals surface area contributed by atoms with Gasteiger partial charge in [-0.05, 0) is 30.2 Å². The molecule has 4 N–H and O–H groups in total. The predicted octanol–water partition coefficient (Wildman–Crippen LogP) is 1.17. The van der Waals surface area contributed by atoms with Gasteiger partial charge in [0.15, 0.2) is 0 Å². The first kappa shape index (κ1) is 10.1. The average Bonchev–Trinajstić information content (AvgIpc) is 2.60. The van der Waals surface area contributed by atoms with Gasteiger partial charge in [-0.2, -0.15) is 0 Å². The molecule has 0 radical (unpaired) electrons. The second-order valence-corrected chi connectivity index (χ2v) is 3.65. The van der Waals surface area contributed by atoms with Gasteiger partial charge >= 0.3 is 0 Å². The topological polar surface area (TPSA) is 62.0 Å². The van der Waals surface area contributed by atoms with Crippen molar-refractivity contribution in [1.29, 1.82) is 0 Å². The van der Waals surface area contributed by atoms with Gasteiger partial charge in [0, 0.05) is 23.1 Å². The Morgan fingerprint density at radius 1 is 1.47 bits per heavy atom. The van der Waals surface area contributed by atoms with Crippen LogP contribution < -0.4 is 5.73 Å². The van der Waals surface area contributed by atoms with E-state index in [2.05, 4.69) is 4.98 Å². The van der Waals surface area contributed by atoms with Crippen LogP contribution in [0.5, 0.6) is 0 Å². The van der Waals surface area contributed by atoms with E-state index < -0.39 is 0 Å². The van der Waals surface area contributed by atoms with Crippen molar-refractivity contribution >= 4 is 10.9 Å². The number of nitrogens with one attached hydrogen (secondary N) is 1. The number of H-pyrrole nitrogens is 1. The van der Waals surface area contributed by atoms with Crippen LogP contribution in [0.25, 0.3) is 10.9 Å². The first-order chi connectivity index (χ1) is 7.20. The number of aliphatic hydroxyl groups excluding tert-OH is 1. The number of hydrogen-bond donors (Lipinski definition) is 3. The molecular weight excluding hydrogens is 195 g/mol. The maximum absolute atomic E-state index is 12.9. The Kier molecular flexibility index (Phi) is 2.70. The van der Waals surface area contributed by atoms with Crippen LogP contribution in [-0.4, -0.2) is 22.7 Å². The van der Waals surface area contributed by atoms with Crippen LogP contribution in [-0.2, 0) is 6.42 Å². The average molecular weight is 208 g/mol. The highest BCUT2D eigenvalue weighted by molar-refractivity contribution is 5.83. The van der Waals surface area contributed by atoms with Gasteiger partial charge in [-0.25, -0.2) is 4.39 Å². The number of aliphatic hydroxyl groups is 1. The quantitative estimate of drug-likeness (QED) is 0.709. The van der Waals surface area contributed by atoms with E-state index in [0.717, 1.165) is 16.5 Å². The van der Waals surface area contributed by atoms with Crippen molar-refractivity contribution in [3.05, 3.63) is 35.8 Å². The molecule has 0 spiro atoms. The maximum Gasteiger partial charge on any atom is 0.125 e. The van der Waals surface area contributed by atoms with E-state index in [0.29, 0.717) is 6.42 Å². The molecule has 1 aromatic heterocycles. The third-order valence-corrected chi connectivity index (χ3v) is 2.45. The number of rotatable bonds is 3. The van der Waals surface area contributed by atoms with Gasteiger partial charge in [0.05, 0.1) is 6.61 Å². The second kappa shape index (κ2) is 4.00. The van der Waals surface area contributed by atoms with Crippen molar-refractivity contribution in [2.45, 2.75) is 12.5 Å².